The molecule has 1 fully saturated rings. The third-order valence-electron chi connectivity index (χ3n) is 4.69. The van der Waals surface area contributed by atoms with Crippen molar-refractivity contribution < 1.29 is 14.7 Å². The maximum Gasteiger partial charge on any atom is 0.300 e. The molecule has 0 aromatic heterocycles. The highest BCUT2D eigenvalue weighted by atomic mass is 35.5. The second kappa shape index (κ2) is 7.33. The lowest BCUT2D eigenvalue weighted by molar-refractivity contribution is -0.132. The number of aliphatic hydroxyl groups excluding tert-OH is 1. The van der Waals surface area contributed by atoms with Crippen molar-refractivity contribution in [1.29, 1.82) is 0 Å². The van der Waals surface area contributed by atoms with Gasteiger partial charge in [-0.25, -0.2) is 0 Å². The van der Waals surface area contributed by atoms with Crippen LogP contribution >= 0.6 is 11.6 Å². The third kappa shape index (κ3) is 3.08. The van der Waals surface area contributed by atoms with Gasteiger partial charge in [0, 0.05) is 16.3 Å². The Bertz CT molecular complexity index is 1080. The maximum absolute atomic E-state index is 12.9. The molecule has 0 aliphatic carbocycles. The van der Waals surface area contributed by atoms with Gasteiger partial charge in [-0.3, -0.25) is 14.5 Å². The van der Waals surface area contributed by atoms with E-state index < -0.39 is 17.7 Å². The number of halogens is 1. The molecule has 138 valence electrons. The minimum atomic E-state index is -0.750. The number of rotatable bonds is 3. The molecule has 3 aromatic rings. The molecule has 1 aliphatic rings. The highest BCUT2D eigenvalue weighted by Crippen LogP contribution is 2.42. The van der Waals surface area contributed by atoms with Crippen molar-refractivity contribution >= 4 is 34.7 Å². The summed E-state index contributed by atoms with van der Waals surface area (Å²) in [5.74, 6) is -1.62. The van der Waals surface area contributed by atoms with Crippen molar-refractivity contribution in [3.05, 3.63) is 107 Å². The Kier molecular flexibility index (Phi) is 4.72. The SMILES string of the molecule is O=C1C(=O)N(c2cccc(Cl)c2)[C@H](c2ccccc2)/C1=C(\O)c1ccccc1. The highest BCUT2D eigenvalue weighted by Gasteiger charge is 2.46. The van der Waals surface area contributed by atoms with E-state index in [1.54, 1.807) is 48.5 Å². The fourth-order valence-electron chi connectivity index (χ4n) is 3.43. The van der Waals surface area contributed by atoms with E-state index in [0.717, 1.165) is 5.56 Å². The second-order valence-corrected chi connectivity index (χ2v) is 6.86. The lowest BCUT2D eigenvalue weighted by Crippen LogP contribution is -2.29. The van der Waals surface area contributed by atoms with E-state index in [1.165, 1.54) is 4.90 Å². The Hall–Kier alpha value is -3.37. The minimum Gasteiger partial charge on any atom is -0.507 e. The number of carbonyl (C=O) groups is 2. The smallest absolute Gasteiger partial charge is 0.300 e. The first-order valence-electron chi connectivity index (χ1n) is 8.75. The minimum absolute atomic E-state index is 0.0578. The number of nitrogens with zero attached hydrogens (tertiary/aromatic N) is 1. The lowest BCUT2D eigenvalue weighted by atomic mass is 9.95. The number of aliphatic hydroxyl groups is 1. The zero-order chi connectivity index (χ0) is 19.7. The van der Waals surface area contributed by atoms with Gasteiger partial charge in [0.05, 0.1) is 11.6 Å². The van der Waals surface area contributed by atoms with E-state index in [2.05, 4.69) is 0 Å². The monoisotopic (exact) mass is 389 g/mol. The van der Waals surface area contributed by atoms with E-state index >= 15 is 0 Å². The van der Waals surface area contributed by atoms with Crippen LogP contribution in [0.4, 0.5) is 5.69 Å². The zero-order valence-electron chi connectivity index (χ0n) is 14.7. The van der Waals surface area contributed by atoms with E-state index in [1.807, 2.05) is 36.4 Å². The first-order chi connectivity index (χ1) is 13.6. The molecule has 4 nitrogen and oxygen atoms in total. The fraction of sp³-hybridized carbons (Fsp3) is 0.0435. The molecule has 0 saturated carbocycles. The van der Waals surface area contributed by atoms with Crippen LogP contribution in [0.2, 0.25) is 5.02 Å². The molecule has 0 spiro atoms. The molecule has 0 radical (unpaired) electrons. The summed E-state index contributed by atoms with van der Waals surface area (Å²) >= 11 is 6.11. The average molecular weight is 390 g/mol. The Labute approximate surface area is 167 Å². The van der Waals surface area contributed by atoms with Crippen molar-refractivity contribution in [2.45, 2.75) is 6.04 Å². The van der Waals surface area contributed by atoms with Crippen molar-refractivity contribution in [3.63, 3.8) is 0 Å². The molecule has 5 heteroatoms. The van der Waals surface area contributed by atoms with Gasteiger partial charge in [-0.15, -0.1) is 0 Å². The van der Waals surface area contributed by atoms with Gasteiger partial charge in [-0.05, 0) is 23.8 Å². The maximum atomic E-state index is 12.9. The van der Waals surface area contributed by atoms with Crippen LogP contribution in [0.1, 0.15) is 17.2 Å². The standard InChI is InChI=1S/C23H16ClNO3/c24-17-12-7-13-18(14-17)25-20(15-8-3-1-4-9-15)19(22(27)23(25)28)21(26)16-10-5-2-6-11-16/h1-14,20,26H/b21-19+/t20-/m1/s1. The lowest BCUT2D eigenvalue weighted by Gasteiger charge is -2.25. The van der Waals surface area contributed by atoms with E-state index in [9.17, 15) is 14.7 Å². The summed E-state index contributed by atoms with van der Waals surface area (Å²) in [4.78, 5) is 27.3. The Morgan fingerprint density at radius 1 is 0.857 bits per heavy atom. The molecule has 1 saturated heterocycles. The Morgan fingerprint density at radius 2 is 1.50 bits per heavy atom. The number of carbonyl (C=O) groups excluding carboxylic acids is 2. The van der Waals surface area contributed by atoms with Crippen LogP contribution in [0.15, 0.2) is 90.5 Å². The van der Waals surface area contributed by atoms with Crippen LogP contribution in [0.25, 0.3) is 5.76 Å². The molecule has 28 heavy (non-hydrogen) atoms. The third-order valence-corrected chi connectivity index (χ3v) is 4.93. The van der Waals surface area contributed by atoms with Crippen molar-refractivity contribution in [1.82, 2.24) is 0 Å². The van der Waals surface area contributed by atoms with Gasteiger partial charge in [-0.2, -0.15) is 0 Å². The van der Waals surface area contributed by atoms with Gasteiger partial charge in [0.2, 0.25) is 0 Å². The van der Waals surface area contributed by atoms with Crippen molar-refractivity contribution in [3.8, 4) is 0 Å². The molecule has 1 amide bonds. The predicted molar refractivity (Wildman–Crippen MR) is 109 cm³/mol. The van der Waals surface area contributed by atoms with E-state index in [0.29, 0.717) is 16.3 Å². The van der Waals surface area contributed by atoms with Crippen LogP contribution in [0.5, 0.6) is 0 Å². The molecule has 0 unspecified atom stereocenters. The van der Waals surface area contributed by atoms with E-state index in [-0.39, 0.29) is 11.3 Å². The molecule has 1 aliphatic heterocycles. The molecule has 1 atom stereocenters. The van der Waals surface area contributed by atoms with Gasteiger partial charge in [0.25, 0.3) is 11.7 Å². The largest absolute Gasteiger partial charge is 0.507 e. The number of hydrogen-bond acceptors (Lipinski definition) is 3. The van der Waals surface area contributed by atoms with Gasteiger partial charge in [-0.1, -0.05) is 78.3 Å². The summed E-state index contributed by atoms with van der Waals surface area (Å²) in [7, 11) is 0. The number of benzene rings is 3. The normalized spacial score (nSPS) is 18.5. The van der Waals surface area contributed by atoms with Gasteiger partial charge >= 0.3 is 0 Å². The first kappa shape index (κ1) is 18.0. The number of anilines is 1. The number of amides is 1. The molecular weight excluding hydrogens is 374 g/mol. The molecule has 0 bridgehead atoms. The van der Waals surface area contributed by atoms with Gasteiger partial charge in [0.15, 0.2) is 0 Å². The van der Waals surface area contributed by atoms with Crippen LogP contribution in [-0.4, -0.2) is 16.8 Å². The summed E-state index contributed by atoms with van der Waals surface area (Å²) in [6.45, 7) is 0. The van der Waals surface area contributed by atoms with Crippen LogP contribution in [-0.2, 0) is 9.59 Å². The predicted octanol–water partition coefficient (Wildman–Crippen LogP) is 4.97. The van der Waals surface area contributed by atoms with Gasteiger partial charge < -0.3 is 5.11 Å². The zero-order valence-corrected chi connectivity index (χ0v) is 15.5. The van der Waals surface area contributed by atoms with Crippen LogP contribution in [0.3, 0.4) is 0 Å². The molecular formula is C23H16ClNO3. The molecule has 3 aromatic carbocycles. The van der Waals surface area contributed by atoms with E-state index in [4.69, 9.17) is 11.6 Å². The summed E-state index contributed by atoms with van der Waals surface area (Å²) in [6, 6.07) is 23.9. The van der Waals surface area contributed by atoms with Gasteiger partial charge in [0.1, 0.15) is 5.76 Å². The number of ketones is 1. The van der Waals surface area contributed by atoms with Crippen molar-refractivity contribution in [2.24, 2.45) is 0 Å². The topological polar surface area (TPSA) is 57.6 Å². The number of hydrogen-bond donors (Lipinski definition) is 1. The highest BCUT2D eigenvalue weighted by molar-refractivity contribution is 6.51. The average Bonchev–Trinajstić information content (AvgIpc) is 3.00. The quantitative estimate of drug-likeness (QED) is 0.391. The van der Waals surface area contributed by atoms with Crippen LogP contribution in [0, 0.1) is 0 Å². The Morgan fingerprint density at radius 3 is 2.14 bits per heavy atom. The fourth-order valence-corrected chi connectivity index (χ4v) is 3.61. The number of Topliss-reactive ketones (excluding diaryl/α,β-unsaturated/α-hetero) is 1. The molecule has 4 rings (SSSR count). The summed E-state index contributed by atoms with van der Waals surface area (Å²) in [6.07, 6.45) is 0. The van der Waals surface area contributed by atoms with Crippen LogP contribution < -0.4 is 4.90 Å². The van der Waals surface area contributed by atoms with Crippen molar-refractivity contribution in [2.75, 3.05) is 4.90 Å². The second-order valence-electron chi connectivity index (χ2n) is 6.43. The Balaban J connectivity index is 1.95. The summed E-state index contributed by atoms with van der Waals surface area (Å²) < 4.78 is 0. The summed E-state index contributed by atoms with van der Waals surface area (Å²) in [5.41, 5.74) is 1.75. The first-order valence-corrected chi connectivity index (χ1v) is 9.12. The molecule has 1 heterocycles. The molecule has 1 N–H and O–H groups in total. The summed E-state index contributed by atoms with van der Waals surface area (Å²) in [5, 5.41) is 11.4.